The number of benzene rings is 3. The molecule has 35 heavy (non-hydrogen) atoms. The number of anilines is 2. The number of nitrogens with zero attached hydrogens (tertiary/aromatic N) is 2. The van der Waals surface area contributed by atoms with Crippen LogP contribution in [-0.2, 0) is 5.54 Å². The second-order valence-corrected chi connectivity index (χ2v) is 8.99. The number of carbonyl (C=O) groups excluding carboxylic acids is 1. The summed E-state index contributed by atoms with van der Waals surface area (Å²) in [5.74, 6) is 1.48. The second kappa shape index (κ2) is 9.27. The predicted octanol–water partition coefficient (Wildman–Crippen LogP) is 5.20. The van der Waals surface area contributed by atoms with Crippen molar-refractivity contribution in [2.24, 2.45) is 0 Å². The van der Waals surface area contributed by atoms with Crippen molar-refractivity contribution in [3.8, 4) is 11.5 Å². The predicted molar refractivity (Wildman–Crippen MR) is 140 cm³/mol. The Labute approximate surface area is 207 Å². The number of fused-ring (bicyclic) bond motifs is 6. The SMILES string of the molecule is CCNc1ccc2c(c1)Oc1cc(N(CC)CC)ccc1C21c2ccccc2C(=O)N1CCCO. The Bertz CT molecular complexity index is 1250. The largest absolute Gasteiger partial charge is 0.456 e. The zero-order valence-corrected chi connectivity index (χ0v) is 20.7. The Hall–Kier alpha value is -3.51. The number of nitrogens with one attached hydrogen (secondary N) is 1. The fourth-order valence-electron chi connectivity index (χ4n) is 5.67. The highest BCUT2D eigenvalue weighted by molar-refractivity contribution is 6.02. The van der Waals surface area contributed by atoms with Gasteiger partial charge in [0.1, 0.15) is 17.0 Å². The molecule has 1 atom stereocenters. The molecule has 1 unspecified atom stereocenters. The van der Waals surface area contributed by atoms with E-state index in [1.54, 1.807) is 0 Å². The van der Waals surface area contributed by atoms with Crippen LogP contribution >= 0.6 is 0 Å². The Morgan fingerprint density at radius 2 is 1.66 bits per heavy atom. The number of rotatable bonds is 8. The van der Waals surface area contributed by atoms with Crippen molar-refractivity contribution in [3.05, 3.63) is 82.9 Å². The first-order valence-electron chi connectivity index (χ1n) is 12.6. The quantitative estimate of drug-likeness (QED) is 0.473. The molecule has 182 valence electrons. The summed E-state index contributed by atoms with van der Waals surface area (Å²) in [6, 6.07) is 20.4. The summed E-state index contributed by atoms with van der Waals surface area (Å²) in [7, 11) is 0. The van der Waals surface area contributed by atoms with E-state index in [0.29, 0.717) is 18.5 Å². The summed E-state index contributed by atoms with van der Waals surface area (Å²) in [6.07, 6.45) is 0.500. The van der Waals surface area contributed by atoms with Gasteiger partial charge in [-0.25, -0.2) is 0 Å². The Morgan fingerprint density at radius 3 is 2.37 bits per heavy atom. The molecule has 2 N–H and O–H groups in total. The van der Waals surface area contributed by atoms with Gasteiger partial charge in [0.15, 0.2) is 0 Å². The van der Waals surface area contributed by atoms with E-state index in [-0.39, 0.29) is 12.5 Å². The minimum absolute atomic E-state index is 0.0172. The summed E-state index contributed by atoms with van der Waals surface area (Å²) < 4.78 is 6.58. The maximum absolute atomic E-state index is 13.8. The zero-order chi connectivity index (χ0) is 24.6. The van der Waals surface area contributed by atoms with E-state index in [0.717, 1.165) is 59.2 Å². The molecule has 0 aromatic heterocycles. The number of ether oxygens (including phenoxy) is 1. The minimum Gasteiger partial charge on any atom is -0.456 e. The third-order valence-electron chi connectivity index (χ3n) is 7.19. The van der Waals surface area contributed by atoms with E-state index >= 15 is 0 Å². The highest BCUT2D eigenvalue weighted by Crippen LogP contribution is 2.58. The van der Waals surface area contributed by atoms with Gasteiger partial charge in [-0.3, -0.25) is 4.79 Å². The molecule has 5 rings (SSSR count). The number of amides is 1. The van der Waals surface area contributed by atoms with Gasteiger partial charge in [-0.15, -0.1) is 0 Å². The van der Waals surface area contributed by atoms with Crippen LogP contribution in [0.2, 0.25) is 0 Å². The zero-order valence-electron chi connectivity index (χ0n) is 20.7. The number of hydrogen-bond donors (Lipinski definition) is 2. The van der Waals surface area contributed by atoms with Crippen molar-refractivity contribution < 1.29 is 14.6 Å². The molecular formula is C29H33N3O3. The average molecular weight is 472 g/mol. The van der Waals surface area contributed by atoms with Gasteiger partial charge in [0, 0.05) is 73.0 Å². The number of carbonyl (C=O) groups is 1. The molecule has 0 fully saturated rings. The fourth-order valence-corrected chi connectivity index (χ4v) is 5.67. The van der Waals surface area contributed by atoms with E-state index in [4.69, 9.17) is 4.74 Å². The van der Waals surface area contributed by atoms with Crippen molar-refractivity contribution in [2.75, 3.05) is 43.0 Å². The smallest absolute Gasteiger partial charge is 0.255 e. The summed E-state index contributed by atoms with van der Waals surface area (Å²) in [5, 5.41) is 13.1. The monoisotopic (exact) mass is 471 g/mol. The van der Waals surface area contributed by atoms with Crippen LogP contribution in [0.1, 0.15) is 54.2 Å². The van der Waals surface area contributed by atoms with Crippen LogP contribution in [0.4, 0.5) is 11.4 Å². The van der Waals surface area contributed by atoms with Crippen LogP contribution in [0.5, 0.6) is 11.5 Å². The third-order valence-corrected chi connectivity index (χ3v) is 7.19. The van der Waals surface area contributed by atoms with Crippen LogP contribution < -0.4 is 15.0 Å². The third kappa shape index (κ3) is 3.47. The van der Waals surface area contributed by atoms with Gasteiger partial charge >= 0.3 is 0 Å². The first-order valence-corrected chi connectivity index (χ1v) is 12.6. The Morgan fingerprint density at radius 1 is 0.943 bits per heavy atom. The van der Waals surface area contributed by atoms with Crippen LogP contribution in [-0.4, -0.2) is 48.7 Å². The molecule has 0 saturated carbocycles. The molecule has 3 aromatic rings. The van der Waals surface area contributed by atoms with Crippen molar-refractivity contribution in [2.45, 2.75) is 32.7 Å². The molecule has 2 heterocycles. The Balaban J connectivity index is 1.81. The summed E-state index contributed by atoms with van der Waals surface area (Å²) in [4.78, 5) is 18.0. The lowest BCUT2D eigenvalue weighted by Gasteiger charge is -2.44. The van der Waals surface area contributed by atoms with Gasteiger partial charge in [-0.05, 0) is 51.0 Å². The first kappa shape index (κ1) is 23.2. The molecule has 1 spiro atoms. The molecule has 0 aliphatic carbocycles. The topological polar surface area (TPSA) is 65.0 Å². The van der Waals surface area contributed by atoms with Gasteiger partial charge in [0.25, 0.3) is 5.91 Å². The van der Waals surface area contributed by atoms with E-state index in [1.807, 2.05) is 29.2 Å². The number of hydrogen-bond acceptors (Lipinski definition) is 5. The van der Waals surface area contributed by atoms with Gasteiger partial charge < -0.3 is 25.0 Å². The molecule has 6 nitrogen and oxygen atoms in total. The lowest BCUT2D eigenvalue weighted by Crippen LogP contribution is -2.48. The average Bonchev–Trinajstić information content (AvgIpc) is 3.12. The van der Waals surface area contributed by atoms with Gasteiger partial charge in [-0.2, -0.15) is 0 Å². The van der Waals surface area contributed by atoms with Crippen LogP contribution in [0.25, 0.3) is 0 Å². The molecule has 0 saturated heterocycles. The molecule has 6 heteroatoms. The van der Waals surface area contributed by atoms with Gasteiger partial charge in [0.2, 0.25) is 0 Å². The highest BCUT2D eigenvalue weighted by atomic mass is 16.5. The van der Waals surface area contributed by atoms with Gasteiger partial charge in [-0.1, -0.05) is 30.3 Å². The summed E-state index contributed by atoms with van der Waals surface area (Å²) in [6.45, 7) is 9.41. The summed E-state index contributed by atoms with van der Waals surface area (Å²) >= 11 is 0. The standard InChI is InChI=1S/C29H33N3O3/c1-4-30-20-12-14-24-26(18-20)35-27-19-21(31(5-2)6-3)13-15-25(27)29(24)23-11-8-7-10-22(23)28(34)32(29)16-9-17-33/h7-8,10-15,18-19,30,33H,4-6,9,16-17H2,1-3H3. The number of aliphatic hydroxyl groups excluding tert-OH is 1. The van der Waals surface area contributed by atoms with Crippen LogP contribution in [0, 0.1) is 0 Å². The van der Waals surface area contributed by atoms with E-state index in [9.17, 15) is 9.90 Å². The maximum Gasteiger partial charge on any atom is 0.255 e. The molecular weight excluding hydrogens is 438 g/mol. The maximum atomic E-state index is 13.8. The normalized spacial score (nSPS) is 17.6. The van der Waals surface area contributed by atoms with Crippen molar-refractivity contribution in [3.63, 3.8) is 0 Å². The molecule has 2 aliphatic heterocycles. The first-order chi connectivity index (χ1) is 17.1. The second-order valence-electron chi connectivity index (χ2n) is 8.99. The molecule has 0 bridgehead atoms. The Kier molecular flexibility index (Phi) is 6.15. The number of aliphatic hydroxyl groups is 1. The van der Waals surface area contributed by atoms with Crippen LogP contribution in [0.15, 0.2) is 60.7 Å². The van der Waals surface area contributed by atoms with E-state index in [2.05, 4.69) is 67.4 Å². The van der Waals surface area contributed by atoms with Crippen molar-refractivity contribution in [1.29, 1.82) is 0 Å². The van der Waals surface area contributed by atoms with E-state index < -0.39 is 5.54 Å². The minimum atomic E-state index is -0.821. The molecule has 1 amide bonds. The molecule has 2 aliphatic rings. The molecule has 3 aromatic carbocycles. The fraction of sp³-hybridized carbons (Fsp3) is 0.345. The lowest BCUT2D eigenvalue weighted by molar-refractivity contribution is 0.0649. The summed E-state index contributed by atoms with van der Waals surface area (Å²) in [5.41, 5.74) is 4.80. The van der Waals surface area contributed by atoms with Crippen molar-refractivity contribution in [1.82, 2.24) is 4.90 Å². The van der Waals surface area contributed by atoms with Gasteiger partial charge in [0.05, 0.1) is 0 Å². The van der Waals surface area contributed by atoms with E-state index in [1.165, 1.54) is 0 Å². The lowest BCUT2D eigenvalue weighted by atomic mass is 9.74. The van der Waals surface area contributed by atoms with Crippen molar-refractivity contribution >= 4 is 17.3 Å². The molecule has 0 radical (unpaired) electrons. The van der Waals surface area contributed by atoms with Crippen LogP contribution in [0.3, 0.4) is 0 Å². The highest BCUT2D eigenvalue weighted by Gasteiger charge is 2.55.